The molecule has 0 spiro atoms. The summed E-state index contributed by atoms with van der Waals surface area (Å²) >= 11 is 0. The molecule has 3 nitrogen and oxygen atoms in total. The first kappa shape index (κ1) is 8.97. The van der Waals surface area contributed by atoms with E-state index >= 15 is 0 Å². The Bertz CT molecular complexity index is 253. The SMILES string of the molecule is CC(C)C1(C)C=NC=C(O)N=C1. The van der Waals surface area contributed by atoms with E-state index in [1.54, 1.807) is 6.21 Å². The molecule has 1 atom stereocenters. The molecule has 1 heterocycles. The largest absolute Gasteiger partial charge is 0.492 e. The van der Waals surface area contributed by atoms with Crippen molar-refractivity contribution < 1.29 is 5.11 Å². The van der Waals surface area contributed by atoms with Crippen LogP contribution in [0.5, 0.6) is 0 Å². The van der Waals surface area contributed by atoms with Crippen molar-refractivity contribution in [1.82, 2.24) is 0 Å². The van der Waals surface area contributed by atoms with E-state index in [9.17, 15) is 0 Å². The van der Waals surface area contributed by atoms with Crippen LogP contribution in [0, 0.1) is 11.3 Å². The van der Waals surface area contributed by atoms with Crippen LogP contribution in [0.3, 0.4) is 0 Å². The van der Waals surface area contributed by atoms with Gasteiger partial charge in [0, 0.05) is 17.8 Å². The van der Waals surface area contributed by atoms with Gasteiger partial charge in [0.1, 0.15) is 0 Å². The Labute approximate surface area is 72.5 Å². The lowest BCUT2D eigenvalue weighted by molar-refractivity contribution is 0.403. The molecular formula is C9H14N2O. The van der Waals surface area contributed by atoms with Gasteiger partial charge >= 0.3 is 0 Å². The monoisotopic (exact) mass is 166 g/mol. The first-order valence-electron chi connectivity index (χ1n) is 4.03. The number of aliphatic hydroxyl groups is 1. The van der Waals surface area contributed by atoms with Gasteiger partial charge in [0.25, 0.3) is 0 Å². The molecule has 3 heteroatoms. The van der Waals surface area contributed by atoms with E-state index in [2.05, 4.69) is 23.8 Å². The summed E-state index contributed by atoms with van der Waals surface area (Å²) in [5.74, 6) is 0.389. The molecule has 0 fully saturated rings. The lowest BCUT2D eigenvalue weighted by Gasteiger charge is -2.23. The van der Waals surface area contributed by atoms with Crippen molar-refractivity contribution in [3.63, 3.8) is 0 Å². The van der Waals surface area contributed by atoms with Crippen LogP contribution in [0.15, 0.2) is 22.1 Å². The fourth-order valence-corrected chi connectivity index (χ4v) is 0.835. The minimum atomic E-state index is -0.152. The number of nitrogens with zero attached hydrogens (tertiary/aromatic N) is 2. The molecule has 66 valence electrons. The predicted molar refractivity (Wildman–Crippen MR) is 50.6 cm³/mol. The summed E-state index contributed by atoms with van der Waals surface area (Å²) in [5.41, 5.74) is -0.152. The molecule has 1 rings (SSSR count). The summed E-state index contributed by atoms with van der Waals surface area (Å²) in [6.07, 6.45) is 4.90. The van der Waals surface area contributed by atoms with E-state index in [0.29, 0.717) is 5.92 Å². The molecule has 0 bridgehead atoms. The predicted octanol–water partition coefficient (Wildman–Crippen LogP) is 2.16. The second-order valence-electron chi connectivity index (χ2n) is 3.54. The van der Waals surface area contributed by atoms with Gasteiger partial charge in [-0.3, -0.25) is 4.99 Å². The third-order valence-corrected chi connectivity index (χ3v) is 2.26. The lowest BCUT2D eigenvalue weighted by Crippen LogP contribution is -2.26. The quantitative estimate of drug-likeness (QED) is 0.637. The van der Waals surface area contributed by atoms with Gasteiger partial charge in [0.2, 0.25) is 5.88 Å². The van der Waals surface area contributed by atoms with Crippen molar-refractivity contribution in [2.24, 2.45) is 21.3 Å². The highest BCUT2D eigenvalue weighted by Crippen LogP contribution is 2.23. The Morgan fingerprint density at radius 2 is 2.08 bits per heavy atom. The number of hydrogen-bond acceptors (Lipinski definition) is 3. The van der Waals surface area contributed by atoms with Crippen LogP contribution in [0.4, 0.5) is 0 Å². The topological polar surface area (TPSA) is 45.0 Å². The Kier molecular flexibility index (Phi) is 2.31. The van der Waals surface area contributed by atoms with E-state index in [-0.39, 0.29) is 11.3 Å². The van der Waals surface area contributed by atoms with E-state index in [0.717, 1.165) is 0 Å². The molecule has 0 aliphatic carbocycles. The summed E-state index contributed by atoms with van der Waals surface area (Å²) in [5, 5.41) is 9.05. The third-order valence-electron chi connectivity index (χ3n) is 2.26. The Morgan fingerprint density at radius 3 is 2.67 bits per heavy atom. The molecular weight excluding hydrogens is 152 g/mol. The van der Waals surface area contributed by atoms with Crippen LogP contribution in [0.2, 0.25) is 0 Å². The Balaban J connectivity index is 2.92. The van der Waals surface area contributed by atoms with Gasteiger partial charge in [-0.2, -0.15) is 0 Å². The summed E-state index contributed by atoms with van der Waals surface area (Å²) in [6.45, 7) is 6.23. The van der Waals surface area contributed by atoms with Crippen LogP contribution >= 0.6 is 0 Å². The zero-order valence-electron chi connectivity index (χ0n) is 7.65. The minimum absolute atomic E-state index is 0.0318. The smallest absolute Gasteiger partial charge is 0.229 e. The second kappa shape index (κ2) is 3.09. The molecule has 0 aromatic heterocycles. The standard InChI is InChI=1S/C9H14N2O/c1-7(2)9(3)5-10-4-8(12)11-6-9/h4-7,12H,1-3H3. The van der Waals surface area contributed by atoms with Gasteiger partial charge in [0.15, 0.2) is 0 Å². The molecule has 0 aromatic rings. The van der Waals surface area contributed by atoms with Gasteiger partial charge in [-0.25, -0.2) is 4.99 Å². The van der Waals surface area contributed by atoms with E-state index in [4.69, 9.17) is 5.11 Å². The highest BCUT2D eigenvalue weighted by molar-refractivity contribution is 5.90. The summed E-state index contributed by atoms with van der Waals surface area (Å²) in [4.78, 5) is 7.83. The zero-order valence-corrected chi connectivity index (χ0v) is 7.65. The first-order valence-corrected chi connectivity index (χ1v) is 4.03. The van der Waals surface area contributed by atoms with E-state index in [1.165, 1.54) is 6.20 Å². The highest BCUT2D eigenvalue weighted by atomic mass is 16.3. The third kappa shape index (κ3) is 1.72. The Hall–Kier alpha value is -1.12. The lowest BCUT2D eigenvalue weighted by atomic mass is 9.81. The first-order chi connectivity index (χ1) is 5.54. The molecule has 0 saturated carbocycles. The zero-order chi connectivity index (χ0) is 9.19. The molecule has 12 heavy (non-hydrogen) atoms. The average molecular weight is 166 g/mol. The maximum atomic E-state index is 9.05. The summed E-state index contributed by atoms with van der Waals surface area (Å²) in [6, 6.07) is 0. The summed E-state index contributed by atoms with van der Waals surface area (Å²) < 4.78 is 0. The molecule has 0 saturated heterocycles. The van der Waals surface area contributed by atoms with E-state index < -0.39 is 0 Å². The number of aliphatic hydroxyl groups excluding tert-OH is 1. The van der Waals surface area contributed by atoms with Crippen molar-refractivity contribution in [3.05, 3.63) is 12.1 Å². The van der Waals surface area contributed by atoms with Crippen molar-refractivity contribution in [1.29, 1.82) is 0 Å². The van der Waals surface area contributed by atoms with Crippen LogP contribution in [-0.4, -0.2) is 17.5 Å². The maximum Gasteiger partial charge on any atom is 0.229 e. The molecule has 1 aliphatic heterocycles. The molecule has 1 unspecified atom stereocenters. The maximum absolute atomic E-state index is 9.05. The number of hydrogen-bond donors (Lipinski definition) is 1. The van der Waals surface area contributed by atoms with Crippen molar-refractivity contribution in [3.8, 4) is 0 Å². The van der Waals surface area contributed by atoms with Gasteiger partial charge < -0.3 is 5.11 Å². The molecule has 1 N–H and O–H groups in total. The second-order valence-corrected chi connectivity index (χ2v) is 3.54. The van der Waals surface area contributed by atoms with Gasteiger partial charge in [-0.15, -0.1) is 0 Å². The van der Waals surface area contributed by atoms with Crippen LogP contribution < -0.4 is 0 Å². The van der Waals surface area contributed by atoms with Crippen LogP contribution in [-0.2, 0) is 0 Å². The molecule has 0 aromatic carbocycles. The van der Waals surface area contributed by atoms with Crippen molar-refractivity contribution in [2.75, 3.05) is 0 Å². The Morgan fingerprint density at radius 1 is 1.42 bits per heavy atom. The average Bonchev–Trinajstić information content (AvgIpc) is 2.15. The summed E-state index contributed by atoms with van der Waals surface area (Å²) in [7, 11) is 0. The fourth-order valence-electron chi connectivity index (χ4n) is 0.835. The van der Waals surface area contributed by atoms with Crippen LogP contribution in [0.1, 0.15) is 20.8 Å². The van der Waals surface area contributed by atoms with Gasteiger partial charge in [-0.05, 0) is 12.8 Å². The molecule has 1 aliphatic rings. The normalized spacial score (nSPS) is 28.8. The highest BCUT2D eigenvalue weighted by Gasteiger charge is 2.24. The van der Waals surface area contributed by atoms with Crippen molar-refractivity contribution >= 4 is 12.4 Å². The van der Waals surface area contributed by atoms with E-state index in [1.807, 2.05) is 13.1 Å². The van der Waals surface area contributed by atoms with Gasteiger partial charge in [0.05, 0.1) is 6.20 Å². The van der Waals surface area contributed by atoms with Gasteiger partial charge in [-0.1, -0.05) is 13.8 Å². The minimum Gasteiger partial charge on any atom is -0.492 e. The molecule has 0 radical (unpaired) electrons. The molecule has 0 amide bonds. The number of rotatable bonds is 1. The van der Waals surface area contributed by atoms with Crippen LogP contribution in [0.25, 0.3) is 0 Å². The number of aliphatic imine (C=N–C) groups is 2. The van der Waals surface area contributed by atoms with Crippen molar-refractivity contribution in [2.45, 2.75) is 20.8 Å². The fraction of sp³-hybridized carbons (Fsp3) is 0.556.